The molecule has 0 saturated carbocycles. The summed E-state index contributed by atoms with van der Waals surface area (Å²) < 4.78 is 4.19. The molecule has 0 aliphatic heterocycles. The Hall–Kier alpha value is -1.37. The van der Waals surface area contributed by atoms with Crippen LogP contribution in [0.15, 0.2) is 18.2 Å². The van der Waals surface area contributed by atoms with Crippen molar-refractivity contribution in [3.63, 3.8) is 0 Å². The van der Waals surface area contributed by atoms with Gasteiger partial charge in [-0.1, -0.05) is 30.1 Å². The van der Waals surface area contributed by atoms with Crippen LogP contribution in [0, 0.1) is 0 Å². The van der Waals surface area contributed by atoms with Gasteiger partial charge >= 0.3 is 0 Å². The number of carbonyl (C=O) groups is 1. The number of likely N-dealkylation sites (N-methyl/N-ethyl adjacent to an activating group) is 1. The molecule has 0 bridgehead atoms. The van der Waals surface area contributed by atoms with Crippen molar-refractivity contribution in [1.82, 2.24) is 9.36 Å². The third-order valence-corrected chi connectivity index (χ3v) is 4.29. The van der Waals surface area contributed by atoms with E-state index in [-0.39, 0.29) is 12.5 Å². The van der Waals surface area contributed by atoms with E-state index in [0.29, 0.717) is 15.7 Å². The van der Waals surface area contributed by atoms with Crippen molar-refractivity contribution in [2.45, 2.75) is 13.3 Å². The molecular weight excluding hydrogens is 331 g/mol. The Morgan fingerprint density at radius 1 is 1.38 bits per heavy atom. The van der Waals surface area contributed by atoms with E-state index in [9.17, 15) is 4.79 Å². The zero-order valence-corrected chi connectivity index (χ0v) is 13.9. The maximum atomic E-state index is 12.0. The number of nitrogens with one attached hydrogen (secondary N) is 1. The number of aryl methyl sites for hydroxylation is 1. The summed E-state index contributed by atoms with van der Waals surface area (Å²) in [5.74, 6) is 0.621. The largest absolute Gasteiger partial charge is 0.341 e. The molecule has 1 N–H and O–H groups in total. The minimum absolute atomic E-state index is 0.163. The Labute approximate surface area is 137 Å². The SMILES string of the molecule is CCc1nsc(N(C)CC(=O)Nc2ccc(Cl)c(Cl)c2)n1. The normalized spacial score (nSPS) is 10.5. The highest BCUT2D eigenvalue weighted by Crippen LogP contribution is 2.25. The van der Waals surface area contributed by atoms with Crippen molar-refractivity contribution in [3.8, 4) is 0 Å². The molecule has 0 fully saturated rings. The van der Waals surface area contributed by atoms with E-state index >= 15 is 0 Å². The smallest absolute Gasteiger partial charge is 0.243 e. The van der Waals surface area contributed by atoms with Gasteiger partial charge in [-0.3, -0.25) is 4.79 Å². The summed E-state index contributed by atoms with van der Waals surface area (Å²) in [5, 5.41) is 4.34. The molecule has 0 aliphatic rings. The van der Waals surface area contributed by atoms with Gasteiger partial charge in [-0.25, -0.2) is 4.98 Å². The second kappa shape index (κ2) is 7.06. The van der Waals surface area contributed by atoms with E-state index < -0.39 is 0 Å². The average molecular weight is 345 g/mol. The Kier molecular flexibility index (Phi) is 5.39. The van der Waals surface area contributed by atoms with Crippen LogP contribution in [0.1, 0.15) is 12.7 Å². The number of hydrogen-bond donors (Lipinski definition) is 1. The predicted octanol–water partition coefficient (Wildman–Crippen LogP) is 3.48. The molecule has 0 spiro atoms. The molecule has 0 aliphatic carbocycles. The lowest BCUT2D eigenvalue weighted by molar-refractivity contribution is -0.114. The Morgan fingerprint density at radius 2 is 2.14 bits per heavy atom. The fraction of sp³-hybridized carbons (Fsp3) is 0.308. The third kappa shape index (κ3) is 4.30. The number of benzene rings is 1. The third-order valence-electron chi connectivity index (χ3n) is 2.68. The summed E-state index contributed by atoms with van der Waals surface area (Å²) in [6.07, 6.45) is 0.778. The summed E-state index contributed by atoms with van der Waals surface area (Å²) in [6.45, 7) is 2.17. The van der Waals surface area contributed by atoms with E-state index in [2.05, 4.69) is 14.7 Å². The van der Waals surface area contributed by atoms with Crippen molar-refractivity contribution < 1.29 is 4.79 Å². The predicted molar refractivity (Wildman–Crippen MR) is 87.6 cm³/mol. The van der Waals surface area contributed by atoms with Gasteiger partial charge in [-0.2, -0.15) is 4.37 Å². The standard InChI is InChI=1S/C13H14Cl2N4OS/c1-3-11-17-13(21-18-11)19(2)7-12(20)16-8-4-5-9(14)10(15)6-8/h4-6H,3,7H2,1-2H3,(H,16,20). The van der Waals surface area contributed by atoms with Crippen LogP contribution in [0.2, 0.25) is 10.0 Å². The van der Waals surface area contributed by atoms with Crippen molar-refractivity contribution in [1.29, 1.82) is 0 Å². The Bertz CT molecular complexity index is 647. The first-order valence-electron chi connectivity index (χ1n) is 6.28. The van der Waals surface area contributed by atoms with Crippen LogP contribution in [0.3, 0.4) is 0 Å². The Morgan fingerprint density at radius 3 is 2.76 bits per heavy atom. The van der Waals surface area contributed by atoms with E-state index in [0.717, 1.165) is 17.4 Å². The molecule has 0 unspecified atom stereocenters. The zero-order chi connectivity index (χ0) is 15.4. The van der Waals surface area contributed by atoms with Crippen molar-refractivity contribution in [2.24, 2.45) is 0 Å². The van der Waals surface area contributed by atoms with Crippen LogP contribution < -0.4 is 10.2 Å². The number of anilines is 2. The number of rotatable bonds is 5. The number of hydrogen-bond acceptors (Lipinski definition) is 5. The summed E-state index contributed by atoms with van der Waals surface area (Å²) >= 11 is 13.0. The number of carbonyl (C=O) groups excluding carboxylic acids is 1. The summed E-state index contributed by atoms with van der Waals surface area (Å²) in [7, 11) is 1.80. The molecule has 1 aromatic carbocycles. The topological polar surface area (TPSA) is 58.1 Å². The summed E-state index contributed by atoms with van der Waals surface area (Å²) in [6, 6.07) is 4.95. The van der Waals surface area contributed by atoms with Crippen LogP contribution in [-0.4, -0.2) is 28.9 Å². The second-order valence-electron chi connectivity index (χ2n) is 4.38. The maximum absolute atomic E-state index is 12.0. The lowest BCUT2D eigenvalue weighted by atomic mass is 10.3. The van der Waals surface area contributed by atoms with Crippen LogP contribution in [0.4, 0.5) is 10.8 Å². The van der Waals surface area contributed by atoms with Gasteiger partial charge < -0.3 is 10.2 Å². The molecule has 0 atom stereocenters. The van der Waals surface area contributed by atoms with Gasteiger partial charge in [0.05, 0.1) is 16.6 Å². The molecule has 21 heavy (non-hydrogen) atoms. The van der Waals surface area contributed by atoms with Crippen molar-refractivity contribution in [2.75, 3.05) is 23.8 Å². The zero-order valence-electron chi connectivity index (χ0n) is 11.6. The average Bonchev–Trinajstić information content (AvgIpc) is 2.92. The first-order chi connectivity index (χ1) is 9.99. The number of nitrogens with zero attached hydrogens (tertiary/aromatic N) is 3. The fourth-order valence-electron chi connectivity index (χ4n) is 1.60. The Balaban J connectivity index is 1.96. The van der Waals surface area contributed by atoms with Gasteiger partial charge in [0.15, 0.2) is 0 Å². The molecule has 1 amide bonds. The minimum Gasteiger partial charge on any atom is -0.341 e. The lowest BCUT2D eigenvalue weighted by Crippen LogP contribution is -2.30. The molecule has 2 aromatic rings. The molecule has 112 valence electrons. The minimum atomic E-state index is -0.163. The van der Waals surface area contributed by atoms with Crippen LogP contribution >= 0.6 is 34.7 Å². The fourth-order valence-corrected chi connectivity index (χ4v) is 2.61. The van der Waals surface area contributed by atoms with E-state index in [1.54, 1.807) is 30.1 Å². The van der Waals surface area contributed by atoms with Gasteiger partial charge in [-0.05, 0) is 18.2 Å². The van der Waals surface area contributed by atoms with Crippen molar-refractivity contribution in [3.05, 3.63) is 34.1 Å². The van der Waals surface area contributed by atoms with Gasteiger partial charge in [0, 0.05) is 30.7 Å². The molecule has 2 rings (SSSR count). The maximum Gasteiger partial charge on any atom is 0.243 e. The molecule has 1 heterocycles. The van der Waals surface area contributed by atoms with E-state index in [1.165, 1.54) is 11.5 Å². The van der Waals surface area contributed by atoms with Gasteiger partial charge in [0.25, 0.3) is 0 Å². The highest BCUT2D eigenvalue weighted by Gasteiger charge is 2.12. The van der Waals surface area contributed by atoms with Crippen molar-refractivity contribution >= 4 is 51.5 Å². The molecule has 0 saturated heterocycles. The van der Waals surface area contributed by atoms with E-state index in [1.807, 2.05) is 6.92 Å². The lowest BCUT2D eigenvalue weighted by Gasteiger charge is -2.14. The highest BCUT2D eigenvalue weighted by atomic mass is 35.5. The van der Waals surface area contributed by atoms with Crippen LogP contribution in [-0.2, 0) is 11.2 Å². The molecule has 0 radical (unpaired) electrons. The number of aromatic nitrogens is 2. The first-order valence-corrected chi connectivity index (χ1v) is 7.81. The first kappa shape index (κ1) is 16.0. The van der Waals surface area contributed by atoms with E-state index in [4.69, 9.17) is 23.2 Å². The van der Waals surface area contributed by atoms with Crippen LogP contribution in [0.25, 0.3) is 0 Å². The monoisotopic (exact) mass is 344 g/mol. The highest BCUT2D eigenvalue weighted by molar-refractivity contribution is 7.09. The summed E-state index contributed by atoms with van der Waals surface area (Å²) in [4.78, 5) is 18.1. The van der Waals surface area contributed by atoms with Gasteiger partial charge in [-0.15, -0.1) is 0 Å². The van der Waals surface area contributed by atoms with Crippen LogP contribution in [0.5, 0.6) is 0 Å². The second-order valence-corrected chi connectivity index (χ2v) is 5.92. The molecule has 1 aromatic heterocycles. The van der Waals surface area contributed by atoms with Gasteiger partial charge in [0.2, 0.25) is 11.0 Å². The van der Waals surface area contributed by atoms with Gasteiger partial charge in [0.1, 0.15) is 5.82 Å². The quantitative estimate of drug-likeness (QED) is 0.901. The number of amides is 1. The number of halogens is 2. The molecule has 5 nitrogen and oxygen atoms in total. The molecular formula is C13H14Cl2N4OS. The summed E-state index contributed by atoms with van der Waals surface area (Å²) in [5.41, 5.74) is 0.606. The molecule has 8 heteroatoms.